The zero-order valence-electron chi connectivity index (χ0n) is 25.8. The van der Waals surface area contributed by atoms with Crippen LogP contribution in [0.25, 0.3) is 67.5 Å². The van der Waals surface area contributed by atoms with Crippen molar-refractivity contribution in [1.82, 2.24) is 19.9 Å². The van der Waals surface area contributed by atoms with Crippen molar-refractivity contribution in [3.05, 3.63) is 114 Å². The number of aromatic nitrogens is 4. The maximum Gasteiger partial charge on any atom is 0.0872 e. The molecule has 6 aromatic rings. The summed E-state index contributed by atoms with van der Waals surface area (Å²) >= 11 is 0. The van der Waals surface area contributed by atoms with Crippen LogP contribution in [0.4, 0.5) is 0 Å². The van der Waals surface area contributed by atoms with Gasteiger partial charge in [-0.05, 0) is 87.7 Å². The van der Waals surface area contributed by atoms with Crippen molar-refractivity contribution in [2.45, 2.75) is 52.4 Å². The van der Waals surface area contributed by atoms with Gasteiger partial charge in [-0.1, -0.05) is 90.1 Å². The van der Waals surface area contributed by atoms with Crippen LogP contribution in [0.2, 0.25) is 0 Å². The molecule has 4 aromatic heterocycles. The van der Waals surface area contributed by atoms with Crippen LogP contribution in [0.5, 0.6) is 0 Å². The first-order valence-corrected chi connectivity index (χ1v) is 15.1. The third-order valence-corrected chi connectivity index (χ3v) is 8.47. The van der Waals surface area contributed by atoms with Gasteiger partial charge >= 0.3 is 0 Å². The van der Waals surface area contributed by atoms with Crippen molar-refractivity contribution in [2.24, 2.45) is 0 Å². The summed E-state index contributed by atoms with van der Waals surface area (Å²) < 4.78 is 0. The van der Waals surface area contributed by atoms with Crippen LogP contribution < -0.4 is 0 Å². The molecular formula is C39H38N4. The number of H-pyrrole nitrogens is 3. The lowest BCUT2D eigenvalue weighted by Crippen LogP contribution is -2.10. The minimum atomic E-state index is 0.0932. The van der Waals surface area contributed by atoms with Gasteiger partial charge in [0, 0.05) is 38.7 Å². The number of fused-ring (bicyclic) bond motifs is 9. The Morgan fingerprint density at radius 2 is 0.884 bits per heavy atom. The van der Waals surface area contributed by atoms with Crippen molar-refractivity contribution in [3.8, 4) is 22.3 Å². The molecule has 0 amide bonds. The molecule has 0 unspecified atom stereocenters. The van der Waals surface area contributed by atoms with Gasteiger partial charge < -0.3 is 15.0 Å². The fourth-order valence-electron chi connectivity index (χ4n) is 5.96. The lowest BCUT2D eigenvalue weighted by Gasteiger charge is -2.19. The van der Waals surface area contributed by atoms with Crippen LogP contribution in [0.3, 0.4) is 0 Å². The fourth-order valence-corrected chi connectivity index (χ4v) is 5.96. The molecule has 0 aliphatic carbocycles. The highest BCUT2D eigenvalue weighted by Crippen LogP contribution is 2.34. The SMILES string of the molecule is CC(C)(C)c1ccc(-c2c3nc(c4ccc([nH]4)c(-c4ccc(C(C)(C)C)cc4)c4ccc(cc5ccc2[nH]5)[nH]4)C=C3)cc1. The second-order valence-corrected chi connectivity index (χ2v) is 13.7. The Bertz CT molecular complexity index is 2120. The molecule has 0 radical (unpaired) electrons. The van der Waals surface area contributed by atoms with Gasteiger partial charge in [-0.15, -0.1) is 0 Å². The molecule has 3 N–H and O–H groups in total. The van der Waals surface area contributed by atoms with Crippen LogP contribution >= 0.6 is 0 Å². The van der Waals surface area contributed by atoms with Crippen molar-refractivity contribution in [2.75, 3.05) is 0 Å². The second-order valence-electron chi connectivity index (χ2n) is 13.7. The average molecular weight is 563 g/mol. The smallest absolute Gasteiger partial charge is 0.0872 e. The molecule has 0 fully saturated rings. The van der Waals surface area contributed by atoms with Gasteiger partial charge in [0.05, 0.1) is 16.9 Å². The van der Waals surface area contributed by atoms with E-state index in [1.807, 2.05) is 0 Å². The molecule has 8 bridgehead atoms. The first-order chi connectivity index (χ1) is 20.5. The highest BCUT2D eigenvalue weighted by atomic mass is 14.8. The number of aromatic amines is 3. The average Bonchev–Trinajstić information content (AvgIpc) is 3.78. The molecule has 2 aromatic carbocycles. The largest absolute Gasteiger partial charge is 0.355 e. The molecule has 7 rings (SSSR count). The predicted molar refractivity (Wildman–Crippen MR) is 183 cm³/mol. The molecule has 1 aliphatic heterocycles. The van der Waals surface area contributed by atoms with Gasteiger partial charge in [0.15, 0.2) is 0 Å². The molecule has 0 atom stereocenters. The van der Waals surface area contributed by atoms with E-state index in [0.717, 1.165) is 66.7 Å². The van der Waals surface area contributed by atoms with Crippen molar-refractivity contribution in [3.63, 3.8) is 0 Å². The van der Waals surface area contributed by atoms with Crippen LogP contribution in [-0.2, 0) is 10.8 Å². The minimum Gasteiger partial charge on any atom is -0.355 e. The van der Waals surface area contributed by atoms with Gasteiger partial charge in [0.2, 0.25) is 0 Å². The Hall–Kier alpha value is -4.83. The first-order valence-electron chi connectivity index (χ1n) is 15.1. The summed E-state index contributed by atoms with van der Waals surface area (Å²) in [5.41, 5.74) is 15.4. The van der Waals surface area contributed by atoms with E-state index < -0.39 is 0 Å². The lowest BCUT2D eigenvalue weighted by atomic mass is 9.86. The number of nitrogens with zero attached hydrogens (tertiary/aromatic N) is 1. The van der Waals surface area contributed by atoms with E-state index in [2.05, 4.69) is 160 Å². The molecule has 214 valence electrons. The van der Waals surface area contributed by atoms with Crippen molar-refractivity contribution >= 4 is 45.3 Å². The molecule has 1 aliphatic rings. The zero-order valence-corrected chi connectivity index (χ0v) is 25.8. The second kappa shape index (κ2) is 9.88. The van der Waals surface area contributed by atoms with Gasteiger partial charge in [-0.25, -0.2) is 4.98 Å². The Labute approximate surface area is 252 Å². The highest BCUT2D eigenvalue weighted by Gasteiger charge is 2.17. The molecule has 4 nitrogen and oxygen atoms in total. The van der Waals surface area contributed by atoms with Crippen LogP contribution in [0.15, 0.2) is 91.0 Å². The van der Waals surface area contributed by atoms with E-state index in [1.54, 1.807) is 0 Å². The van der Waals surface area contributed by atoms with Crippen LogP contribution in [0, 0.1) is 0 Å². The van der Waals surface area contributed by atoms with Crippen molar-refractivity contribution < 1.29 is 0 Å². The normalized spacial score (nSPS) is 12.8. The molecule has 0 saturated heterocycles. The monoisotopic (exact) mass is 562 g/mol. The van der Waals surface area contributed by atoms with Gasteiger partial charge in [-0.3, -0.25) is 0 Å². The maximum absolute atomic E-state index is 5.16. The Balaban J connectivity index is 1.50. The summed E-state index contributed by atoms with van der Waals surface area (Å²) in [6.07, 6.45) is 4.24. The zero-order chi connectivity index (χ0) is 29.9. The number of benzene rings is 2. The first kappa shape index (κ1) is 27.0. The molecule has 5 heterocycles. The fraction of sp³-hybridized carbons (Fsp3) is 0.205. The summed E-state index contributed by atoms with van der Waals surface area (Å²) in [7, 11) is 0. The Morgan fingerprint density at radius 3 is 1.44 bits per heavy atom. The molecular weight excluding hydrogens is 524 g/mol. The third-order valence-electron chi connectivity index (χ3n) is 8.47. The maximum atomic E-state index is 5.16. The lowest BCUT2D eigenvalue weighted by molar-refractivity contribution is 0.590. The number of nitrogens with one attached hydrogen (secondary N) is 3. The van der Waals surface area contributed by atoms with E-state index in [0.29, 0.717) is 0 Å². The summed E-state index contributed by atoms with van der Waals surface area (Å²) in [6.45, 7) is 13.5. The topological polar surface area (TPSA) is 60.3 Å². The van der Waals surface area contributed by atoms with Gasteiger partial charge in [-0.2, -0.15) is 0 Å². The summed E-state index contributed by atoms with van der Waals surface area (Å²) in [6, 6.07) is 33.0. The quantitative estimate of drug-likeness (QED) is 0.193. The predicted octanol–water partition coefficient (Wildman–Crippen LogP) is 10.6. The van der Waals surface area contributed by atoms with E-state index in [9.17, 15) is 0 Å². The van der Waals surface area contributed by atoms with E-state index in [-0.39, 0.29) is 10.8 Å². The van der Waals surface area contributed by atoms with E-state index in [4.69, 9.17) is 4.98 Å². The summed E-state index contributed by atoms with van der Waals surface area (Å²) in [4.78, 5) is 16.2. The summed E-state index contributed by atoms with van der Waals surface area (Å²) in [5.74, 6) is 0. The molecule has 43 heavy (non-hydrogen) atoms. The number of hydrogen-bond donors (Lipinski definition) is 3. The standard InChI is InChI=1S/C39H38N4/c1-38(2,3)26-11-7-24(8-12-26)36-32-17-15-28(40-32)23-29-16-18-33(41-29)37(25-9-13-27(14-10-25)39(4,5)6)35-22-20-31(43-35)30-19-21-34(36)42-30/h7-23,40-42H,1-6H3. The third kappa shape index (κ3) is 5.08. The molecule has 4 heteroatoms. The Morgan fingerprint density at radius 1 is 0.442 bits per heavy atom. The van der Waals surface area contributed by atoms with Crippen LogP contribution in [0.1, 0.15) is 64.1 Å². The Kier molecular flexibility index (Phi) is 6.21. The summed E-state index contributed by atoms with van der Waals surface area (Å²) in [5, 5.41) is 0. The van der Waals surface area contributed by atoms with Crippen LogP contribution in [-0.4, -0.2) is 19.9 Å². The minimum absolute atomic E-state index is 0.0932. The highest BCUT2D eigenvalue weighted by molar-refractivity contribution is 5.96. The van der Waals surface area contributed by atoms with Crippen molar-refractivity contribution in [1.29, 1.82) is 0 Å². The van der Waals surface area contributed by atoms with Gasteiger partial charge in [0.1, 0.15) is 0 Å². The van der Waals surface area contributed by atoms with Gasteiger partial charge in [0.25, 0.3) is 0 Å². The molecule has 0 saturated carbocycles. The molecule has 0 spiro atoms. The number of hydrogen-bond acceptors (Lipinski definition) is 1. The van der Waals surface area contributed by atoms with E-state index in [1.165, 1.54) is 11.1 Å². The van der Waals surface area contributed by atoms with E-state index >= 15 is 0 Å². The number of rotatable bonds is 2.